The highest BCUT2D eigenvalue weighted by Gasteiger charge is 2.15. The second-order valence-corrected chi connectivity index (χ2v) is 5.20. The Kier molecular flexibility index (Phi) is 3.88. The molecule has 1 amide bonds. The largest absolute Gasteiger partial charge is 0.482 e. The molecule has 0 saturated carbocycles. The number of fused-ring (bicyclic) bond motifs is 1. The first-order chi connectivity index (χ1) is 10.2. The minimum absolute atomic E-state index is 0.0951. The molecule has 21 heavy (non-hydrogen) atoms. The predicted octanol–water partition coefficient (Wildman–Crippen LogP) is 2.62. The highest BCUT2D eigenvalue weighted by molar-refractivity contribution is 5.95. The van der Waals surface area contributed by atoms with E-state index in [1.165, 1.54) is 11.1 Å². The molecular formula is C17H18N2O2. The van der Waals surface area contributed by atoms with E-state index in [9.17, 15) is 4.79 Å². The van der Waals surface area contributed by atoms with Crippen molar-refractivity contribution in [2.75, 3.05) is 11.9 Å². The van der Waals surface area contributed by atoms with Crippen molar-refractivity contribution in [2.45, 2.75) is 20.0 Å². The van der Waals surface area contributed by atoms with Gasteiger partial charge in [0.2, 0.25) is 0 Å². The van der Waals surface area contributed by atoms with Crippen LogP contribution in [0.25, 0.3) is 0 Å². The number of aryl methyl sites for hydroxylation is 1. The Balaban J connectivity index is 1.62. The molecule has 0 spiro atoms. The summed E-state index contributed by atoms with van der Waals surface area (Å²) in [6.45, 7) is 3.78. The van der Waals surface area contributed by atoms with Crippen LogP contribution in [0, 0.1) is 6.92 Å². The molecule has 0 radical (unpaired) electrons. The summed E-state index contributed by atoms with van der Waals surface area (Å²) in [6, 6.07) is 14.2. The lowest BCUT2D eigenvalue weighted by Gasteiger charge is -2.18. The van der Waals surface area contributed by atoms with Crippen LogP contribution in [0.4, 0.5) is 5.69 Å². The maximum absolute atomic E-state index is 11.3. The highest BCUT2D eigenvalue weighted by atomic mass is 16.5. The number of rotatable bonds is 4. The molecule has 3 rings (SSSR count). The summed E-state index contributed by atoms with van der Waals surface area (Å²) in [5.41, 5.74) is 4.46. The molecule has 0 unspecified atom stereocenters. The first-order valence-corrected chi connectivity index (χ1v) is 7.03. The molecular weight excluding hydrogens is 264 g/mol. The molecule has 2 aromatic rings. The molecule has 2 aromatic carbocycles. The fraction of sp³-hybridized carbons (Fsp3) is 0.235. The van der Waals surface area contributed by atoms with Crippen molar-refractivity contribution < 1.29 is 9.53 Å². The smallest absolute Gasteiger partial charge is 0.262 e. The summed E-state index contributed by atoms with van der Waals surface area (Å²) < 4.78 is 5.35. The van der Waals surface area contributed by atoms with Crippen LogP contribution < -0.4 is 15.4 Å². The van der Waals surface area contributed by atoms with Crippen molar-refractivity contribution in [3.8, 4) is 5.75 Å². The van der Waals surface area contributed by atoms with E-state index in [-0.39, 0.29) is 12.5 Å². The molecule has 1 heterocycles. The van der Waals surface area contributed by atoms with Gasteiger partial charge in [-0.15, -0.1) is 0 Å². The van der Waals surface area contributed by atoms with Gasteiger partial charge >= 0.3 is 0 Å². The number of ether oxygens (including phenoxy) is 1. The van der Waals surface area contributed by atoms with Crippen molar-refractivity contribution >= 4 is 11.6 Å². The molecule has 0 aliphatic carbocycles. The van der Waals surface area contributed by atoms with Gasteiger partial charge in [-0.3, -0.25) is 4.79 Å². The Morgan fingerprint density at radius 2 is 2.05 bits per heavy atom. The van der Waals surface area contributed by atoms with E-state index in [1.807, 2.05) is 24.3 Å². The Morgan fingerprint density at radius 1 is 1.19 bits per heavy atom. The Hall–Kier alpha value is -2.33. The molecule has 0 bridgehead atoms. The van der Waals surface area contributed by atoms with Crippen LogP contribution >= 0.6 is 0 Å². The average Bonchev–Trinajstić information content (AvgIpc) is 2.49. The zero-order valence-electron chi connectivity index (χ0n) is 12.0. The quantitative estimate of drug-likeness (QED) is 0.906. The maximum Gasteiger partial charge on any atom is 0.262 e. The van der Waals surface area contributed by atoms with Gasteiger partial charge in [-0.05, 0) is 35.7 Å². The summed E-state index contributed by atoms with van der Waals surface area (Å²) >= 11 is 0. The van der Waals surface area contributed by atoms with Gasteiger partial charge in [0.15, 0.2) is 6.61 Å². The maximum atomic E-state index is 11.3. The van der Waals surface area contributed by atoms with E-state index < -0.39 is 0 Å². The second-order valence-electron chi connectivity index (χ2n) is 5.20. The van der Waals surface area contributed by atoms with Crippen LogP contribution in [0.2, 0.25) is 0 Å². The number of anilines is 1. The van der Waals surface area contributed by atoms with Crippen LogP contribution in [0.5, 0.6) is 5.75 Å². The zero-order chi connectivity index (χ0) is 14.7. The number of benzene rings is 2. The van der Waals surface area contributed by atoms with Crippen molar-refractivity contribution in [3.05, 3.63) is 59.2 Å². The minimum atomic E-state index is -0.104. The first kappa shape index (κ1) is 13.6. The summed E-state index contributed by atoms with van der Waals surface area (Å²) in [4.78, 5) is 11.3. The highest BCUT2D eigenvalue weighted by Crippen LogP contribution is 2.28. The number of carbonyl (C=O) groups excluding carboxylic acids is 1. The van der Waals surface area contributed by atoms with Crippen LogP contribution in [0.3, 0.4) is 0 Å². The molecule has 0 fully saturated rings. The van der Waals surface area contributed by atoms with E-state index in [1.54, 1.807) is 0 Å². The minimum Gasteiger partial charge on any atom is -0.482 e. The Morgan fingerprint density at radius 3 is 2.90 bits per heavy atom. The van der Waals surface area contributed by atoms with Gasteiger partial charge in [0.1, 0.15) is 5.75 Å². The van der Waals surface area contributed by atoms with Gasteiger partial charge in [-0.1, -0.05) is 30.3 Å². The summed E-state index contributed by atoms with van der Waals surface area (Å²) in [5, 5.41) is 6.25. The van der Waals surface area contributed by atoms with Crippen LogP contribution in [0.1, 0.15) is 16.7 Å². The fourth-order valence-electron chi connectivity index (χ4n) is 2.39. The van der Waals surface area contributed by atoms with Gasteiger partial charge in [0.25, 0.3) is 5.91 Å². The SMILES string of the molecule is Cc1ccccc1CNCc1ccc2c(c1)NC(=O)CO2. The van der Waals surface area contributed by atoms with E-state index in [4.69, 9.17) is 4.74 Å². The van der Waals surface area contributed by atoms with Crippen LogP contribution in [0.15, 0.2) is 42.5 Å². The van der Waals surface area contributed by atoms with E-state index in [0.717, 1.165) is 30.1 Å². The third kappa shape index (κ3) is 3.23. The number of amides is 1. The Bertz CT molecular complexity index is 668. The van der Waals surface area contributed by atoms with Gasteiger partial charge in [0, 0.05) is 13.1 Å². The molecule has 2 N–H and O–H groups in total. The predicted molar refractivity (Wildman–Crippen MR) is 82.3 cm³/mol. The zero-order valence-corrected chi connectivity index (χ0v) is 12.0. The monoisotopic (exact) mass is 282 g/mol. The molecule has 108 valence electrons. The molecule has 4 nitrogen and oxygen atoms in total. The number of nitrogens with one attached hydrogen (secondary N) is 2. The van der Waals surface area contributed by atoms with Crippen molar-refractivity contribution in [3.63, 3.8) is 0 Å². The lowest BCUT2D eigenvalue weighted by molar-refractivity contribution is -0.118. The lowest BCUT2D eigenvalue weighted by atomic mass is 10.1. The summed E-state index contributed by atoms with van der Waals surface area (Å²) in [5.74, 6) is 0.629. The van der Waals surface area contributed by atoms with Crippen molar-refractivity contribution in [1.82, 2.24) is 5.32 Å². The third-order valence-electron chi connectivity index (χ3n) is 3.58. The van der Waals surface area contributed by atoms with Gasteiger partial charge < -0.3 is 15.4 Å². The van der Waals surface area contributed by atoms with E-state index in [2.05, 4.69) is 35.8 Å². The number of hydrogen-bond acceptors (Lipinski definition) is 3. The van der Waals surface area contributed by atoms with Crippen LogP contribution in [-0.2, 0) is 17.9 Å². The van der Waals surface area contributed by atoms with Gasteiger partial charge in [-0.25, -0.2) is 0 Å². The number of carbonyl (C=O) groups is 1. The first-order valence-electron chi connectivity index (χ1n) is 7.03. The van der Waals surface area contributed by atoms with Gasteiger partial charge in [-0.2, -0.15) is 0 Å². The lowest BCUT2D eigenvalue weighted by Crippen LogP contribution is -2.25. The third-order valence-corrected chi connectivity index (χ3v) is 3.58. The fourth-order valence-corrected chi connectivity index (χ4v) is 2.39. The van der Waals surface area contributed by atoms with E-state index >= 15 is 0 Å². The summed E-state index contributed by atoms with van der Waals surface area (Å²) in [6.07, 6.45) is 0. The standard InChI is InChI=1S/C17H18N2O2/c1-12-4-2-3-5-14(12)10-18-9-13-6-7-16-15(8-13)19-17(20)11-21-16/h2-8,18H,9-11H2,1H3,(H,19,20). The van der Waals surface area contributed by atoms with Gasteiger partial charge in [0.05, 0.1) is 5.69 Å². The second kappa shape index (κ2) is 5.97. The molecule has 1 aliphatic heterocycles. The topological polar surface area (TPSA) is 50.4 Å². The molecule has 1 aliphatic rings. The van der Waals surface area contributed by atoms with Crippen LogP contribution in [-0.4, -0.2) is 12.5 Å². The van der Waals surface area contributed by atoms with Crippen molar-refractivity contribution in [1.29, 1.82) is 0 Å². The molecule has 4 heteroatoms. The average molecular weight is 282 g/mol. The number of hydrogen-bond donors (Lipinski definition) is 2. The van der Waals surface area contributed by atoms with E-state index in [0.29, 0.717) is 0 Å². The van der Waals surface area contributed by atoms with Crippen molar-refractivity contribution in [2.24, 2.45) is 0 Å². The Labute approximate surface area is 124 Å². The normalized spacial score (nSPS) is 13.3. The molecule has 0 atom stereocenters. The molecule has 0 aromatic heterocycles. The summed E-state index contributed by atoms with van der Waals surface area (Å²) in [7, 11) is 0. The molecule has 0 saturated heterocycles.